The molecule has 4 aromatic rings. The van der Waals surface area contributed by atoms with Crippen LogP contribution < -0.4 is 11.1 Å². The minimum Gasteiger partial charge on any atom is -0.479 e. The molecule has 180 valence electrons. The van der Waals surface area contributed by atoms with Crippen molar-refractivity contribution in [3.8, 4) is 0 Å². The number of hydrogen-bond donors (Lipinski definition) is 5. The van der Waals surface area contributed by atoms with Gasteiger partial charge in [0.2, 0.25) is 5.95 Å². The van der Waals surface area contributed by atoms with Crippen molar-refractivity contribution in [1.29, 1.82) is 0 Å². The van der Waals surface area contributed by atoms with Crippen LogP contribution in [-0.4, -0.2) is 65.7 Å². The Morgan fingerprint density at radius 3 is 2.23 bits per heavy atom. The van der Waals surface area contributed by atoms with Crippen molar-refractivity contribution < 1.29 is 24.9 Å². The predicted octanol–water partition coefficient (Wildman–Crippen LogP) is 1.36. The Morgan fingerprint density at radius 2 is 1.66 bits per heavy atom. The number of hydrogen-bond acceptors (Lipinski definition) is 9. The SMILES string of the molecule is Nc1nc(NCC(c2ccccc2)c2ccccc2)c2ncn([C@@H]3O[C@H](C(=O)O)[C@@H](O)[C@H]3O)c2n1. The van der Waals surface area contributed by atoms with Crippen molar-refractivity contribution in [2.75, 3.05) is 17.6 Å². The molecule has 4 atom stereocenters. The first-order chi connectivity index (χ1) is 16.9. The van der Waals surface area contributed by atoms with E-state index in [4.69, 9.17) is 10.5 Å². The Hall–Kier alpha value is -4.06. The first-order valence-corrected chi connectivity index (χ1v) is 11.0. The molecule has 0 bridgehead atoms. The number of carboxylic acid groups (broad SMARTS) is 1. The molecular weight excluding hydrogens is 452 g/mol. The number of nitrogen functional groups attached to an aromatic ring is 1. The standard InChI is InChI=1S/C24H24N6O5/c25-24-28-20(26-11-15(13-7-3-1-4-8-13)14-9-5-2-6-10-14)16-21(29-24)30(12-27-16)22-18(32)17(31)19(35-22)23(33)34/h1-10,12,15,17-19,22,31-32H,11H2,(H,33,34)(H3,25,26,28,29)/t17-,18+,19-,22+/m0/s1. The summed E-state index contributed by atoms with van der Waals surface area (Å²) in [6, 6.07) is 20.1. The summed E-state index contributed by atoms with van der Waals surface area (Å²) in [4.78, 5) is 24.2. The zero-order valence-corrected chi connectivity index (χ0v) is 18.5. The first kappa shape index (κ1) is 22.7. The monoisotopic (exact) mass is 476 g/mol. The number of aromatic nitrogens is 4. The summed E-state index contributed by atoms with van der Waals surface area (Å²) < 4.78 is 6.74. The molecule has 35 heavy (non-hydrogen) atoms. The van der Waals surface area contributed by atoms with E-state index < -0.39 is 30.5 Å². The maximum Gasteiger partial charge on any atom is 0.335 e. The maximum atomic E-state index is 11.4. The van der Waals surface area contributed by atoms with E-state index in [1.54, 1.807) is 0 Å². The number of fused-ring (bicyclic) bond motifs is 1. The van der Waals surface area contributed by atoms with E-state index in [-0.39, 0.29) is 17.5 Å². The highest BCUT2D eigenvalue weighted by Gasteiger charge is 2.48. The van der Waals surface area contributed by atoms with Gasteiger partial charge in [-0.05, 0) is 11.1 Å². The van der Waals surface area contributed by atoms with Crippen molar-refractivity contribution in [3.05, 3.63) is 78.1 Å². The highest BCUT2D eigenvalue weighted by Crippen LogP contribution is 2.33. The molecule has 6 N–H and O–H groups in total. The van der Waals surface area contributed by atoms with Gasteiger partial charge in [-0.1, -0.05) is 60.7 Å². The fourth-order valence-corrected chi connectivity index (χ4v) is 4.33. The third-order valence-corrected chi connectivity index (χ3v) is 6.07. The Kier molecular flexibility index (Phi) is 6.03. The number of carbonyl (C=O) groups is 1. The second-order valence-electron chi connectivity index (χ2n) is 8.28. The molecule has 2 aromatic heterocycles. The largest absolute Gasteiger partial charge is 0.479 e. The molecular formula is C24H24N6O5. The number of nitrogens with zero attached hydrogens (tertiary/aromatic N) is 4. The summed E-state index contributed by atoms with van der Waals surface area (Å²) in [6.07, 6.45) is -4.55. The smallest absolute Gasteiger partial charge is 0.335 e. The lowest BCUT2D eigenvalue weighted by atomic mass is 9.91. The molecule has 0 unspecified atom stereocenters. The van der Waals surface area contributed by atoms with E-state index in [1.165, 1.54) is 10.9 Å². The van der Waals surface area contributed by atoms with E-state index in [2.05, 4.69) is 44.5 Å². The van der Waals surface area contributed by atoms with Crippen LogP contribution in [0.4, 0.5) is 11.8 Å². The Balaban J connectivity index is 1.47. The first-order valence-electron chi connectivity index (χ1n) is 11.0. The molecule has 11 heteroatoms. The fourth-order valence-electron chi connectivity index (χ4n) is 4.33. The number of rotatable bonds is 7. The minimum atomic E-state index is -1.61. The molecule has 1 saturated heterocycles. The summed E-state index contributed by atoms with van der Waals surface area (Å²) in [6.45, 7) is 0.481. The number of ether oxygens (including phenoxy) is 1. The van der Waals surface area contributed by atoms with Crippen LogP contribution in [0.2, 0.25) is 0 Å². The maximum absolute atomic E-state index is 11.4. The molecule has 1 fully saturated rings. The van der Waals surface area contributed by atoms with Gasteiger partial charge in [0.1, 0.15) is 12.2 Å². The highest BCUT2D eigenvalue weighted by atomic mass is 16.6. The molecule has 0 spiro atoms. The van der Waals surface area contributed by atoms with Crippen molar-refractivity contribution >= 4 is 28.9 Å². The Labute approximate surface area is 199 Å². The summed E-state index contributed by atoms with van der Waals surface area (Å²) in [7, 11) is 0. The molecule has 2 aromatic carbocycles. The van der Waals surface area contributed by atoms with Crippen LogP contribution in [-0.2, 0) is 9.53 Å². The van der Waals surface area contributed by atoms with Crippen molar-refractivity contribution in [2.45, 2.75) is 30.5 Å². The average molecular weight is 476 g/mol. The van der Waals surface area contributed by atoms with Crippen LogP contribution in [0.3, 0.4) is 0 Å². The number of aliphatic hydroxyl groups excluding tert-OH is 2. The number of imidazole rings is 1. The summed E-state index contributed by atoms with van der Waals surface area (Å²) in [5.74, 6) is -1.03. The minimum absolute atomic E-state index is 0.0113. The van der Waals surface area contributed by atoms with Crippen LogP contribution in [0.5, 0.6) is 0 Å². The number of carboxylic acids is 1. The van der Waals surface area contributed by atoms with Gasteiger partial charge in [0.05, 0.1) is 6.33 Å². The summed E-state index contributed by atoms with van der Waals surface area (Å²) in [5.41, 5.74) is 8.80. The van der Waals surface area contributed by atoms with Gasteiger partial charge in [0.25, 0.3) is 0 Å². The van der Waals surface area contributed by atoms with Gasteiger partial charge in [-0.25, -0.2) is 9.78 Å². The lowest BCUT2D eigenvalue weighted by Gasteiger charge is -2.20. The van der Waals surface area contributed by atoms with E-state index in [0.29, 0.717) is 17.9 Å². The lowest BCUT2D eigenvalue weighted by Crippen LogP contribution is -2.35. The third kappa shape index (κ3) is 4.28. The average Bonchev–Trinajstić information content (AvgIpc) is 3.41. The van der Waals surface area contributed by atoms with Crippen LogP contribution >= 0.6 is 0 Å². The molecule has 0 saturated carbocycles. The number of aliphatic carboxylic acids is 1. The van der Waals surface area contributed by atoms with Gasteiger partial charge >= 0.3 is 5.97 Å². The molecule has 1 aliphatic heterocycles. The Morgan fingerprint density at radius 1 is 1.03 bits per heavy atom. The van der Waals surface area contributed by atoms with E-state index >= 15 is 0 Å². The van der Waals surface area contributed by atoms with E-state index in [0.717, 1.165) is 11.1 Å². The van der Waals surface area contributed by atoms with Gasteiger partial charge in [-0.2, -0.15) is 9.97 Å². The fraction of sp³-hybridized carbons (Fsp3) is 0.250. The van der Waals surface area contributed by atoms with Crippen LogP contribution in [0.25, 0.3) is 11.2 Å². The van der Waals surface area contributed by atoms with Gasteiger partial charge in [0, 0.05) is 12.5 Å². The molecule has 5 rings (SSSR count). The lowest BCUT2D eigenvalue weighted by molar-refractivity contribution is -0.155. The summed E-state index contributed by atoms with van der Waals surface area (Å²) in [5, 5.41) is 33.1. The van der Waals surface area contributed by atoms with Crippen molar-refractivity contribution in [3.63, 3.8) is 0 Å². The van der Waals surface area contributed by atoms with Gasteiger partial charge in [-0.15, -0.1) is 0 Å². The third-order valence-electron chi connectivity index (χ3n) is 6.07. The molecule has 0 amide bonds. The molecule has 0 radical (unpaired) electrons. The van der Waals surface area contributed by atoms with Crippen molar-refractivity contribution in [1.82, 2.24) is 19.5 Å². The molecule has 0 aliphatic carbocycles. The molecule has 3 heterocycles. The van der Waals surface area contributed by atoms with Crippen LogP contribution in [0.1, 0.15) is 23.3 Å². The topological polar surface area (TPSA) is 169 Å². The quantitative estimate of drug-likeness (QED) is 0.262. The van der Waals surface area contributed by atoms with Gasteiger partial charge in [0.15, 0.2) is 29.3 Å². The van der Waals surface area contributed by atoms with Crippen LogP contribution in [0.15, 0.2) is 67.0 Å². The second-order valence-corrected chi connectivity index (χ2v) is 8.28. The number of nitrogens with one attached hydrogen (secondary N) is 1. The van der Waals surface area contributed by atoms with Crippen molar-refractivity contribution in [2.24, 2.45) is 0 Å². The normalized spacial score (nSPS) is 22.0. The van der Waals surface area contributed by atoms with Gasteiger partial charge in [-0.3, -0.25) is 4.57 Å². The number of benzene rings is 2. The zero-order valence-electron chi connectivity index (χ0n) is 18.5. The zero-order chi connectivity index (χ0) is 24.5. The number of anilines is 2. The number of nitrogens with two attached hydrogens (primary N) is 1. The highest BCUT2D eigenvalue weighted by molar-refractivity contribution is 5.84. The summed E-state index contributed by atoms with van der Waals surface area (Å²) >= 11 is 0. The molecule has 11 nitrogen and oxygen atoms in total. The molecule has 1 aliphatic rings. The van der Waals surface area contributed by atoms with E-state index in [1.807, 2.05) is 36.4 Å². The second kappa shape index (κ2) is 9.29. The Bertz CT molecular complexity index is 1290. The van der Waals surface area contributed by atoms with Gasteiger partial charge < -0.3 is 31.1 Å². The van der Waals surface area contributed by atoms with Crippen LogP contribution in [0, 0.1) is 0 Å². The predicted molar refractivity (Wildman–Crippen MR) is 127 cm³/mol. The number of aliphatic hydroxyl groups is 2. The van der Waals surface area contributed by atoms with E-state index in [9.17, 15) is 20.1 Å².